The fraction of sp³-hybridized carbons (Fsp3) is 0.320. The minimum Gasteiger partial charge on any atom is -0.387 e. The lowest BCUT2D eigenvalue weighted by Crippen LogP contribution is -2.35. The molecule has 1 aliphatic rings. The molecule has 1 aromatic carbocycles. The van der Waals surface area contributed by atoms with E-state index in [1.807, 2.05) is 61.5 Å². The highest BCUT2D eigenvalue weighted by molar-refractivity contribution is 5.95. The first kappa shape index (κ1) is 21.2. The SMILES string of the molecule is C[C@@H](C(=O)Nc1ccc(C[C@@H]2CC[C@H](C(O)c3cccnc3)N2)cc1)c1ccccn1. The number of nitrogens with zero attached hydrogens (tertiary/aromatic N) is 2. The van der Waals surface area contributed by atoms with Gasteiger partial charge in [0.15, 0.2) is 0 Å². The van der Waals surface area contributed by atoms with Crippen molar-refractivity contribution in [2.24, 2.45) is 0 Å². The average Bonchev–Trinajstić information content (AvgIpc) is 3.29. The third kappa shape index (κ3) is 5.34. The van der Waals surface area contributed by atoms with E-state index < -0.39 is 6.10 Å². The molecule has 1 fully saturated rings. The Balaban J connectivity index is 1.29. The molecule has 4 rings (SSSR count). The van der Waals surface area contributed by atoms with Crippen molar-refractivity contribution in [1.29, 1.82) is 0 Å². The first-order valence-corrected chi connectivity index (χ1v) is 10.7. The number of aliphatic hydroxyl groups is 1. The number of carbonyl (C=O) groups is 1. The van der Waals surface area contributed by atoms with Crippen molar-refractivity contribution >= 4 is 11.6 Å². The minimum atomic E-state index is -0.544. The molecule has 3 N–H and O–H groups in total. The van der Waals surface area contributed by atoms with Crippen LogP contribution in [-0.4, -0.2) is 33.1 Å². The van der Waals surface area contributed by atoms with Gasteiger partial charge in [0, 0.05) is 41.9 Å². The minimum absolute atomic E-state index is 0.0424. The van der Waals surface area contributed by atoms with Crippen molar-refractivity contribution in [1.82, 2.24) is 15.3 Å². The Kier molecular flexibility index (Phi) is 6.70. The van der Waals surface area contributed by atoms with Crippen LogP contribution in [0.25, 0.3) is 0 Å². The van der Waals surface area contributed by atoms with Gasteiger partial charge in [0.1, 0.15) is 0 Å². The van der Waals surface area contributed by atoms with Crippen LogP contribution in [-0.2, 0) is 11.2 Å². The molecule has 1 aliphatic heterocycles. The monoisotopic (exact) mass is 416 g/mol. The third-order valence-corrected chi connectivity index (χ3v) is 5.91. The normalized spacial score (nSPS) is 20.2. The third-order valence-electron chi connectivity index (χ3n) is 5.91. The van der Waals surface area contributed by atoms with Crippen LogP contribution in [0.2, 0.25) is 0 Å². The summed E-state index contributed by atoms with van der Waals surface area (Å²) in [7, 11) is 0. The Labute approximate surface area is 182 Å². The second-order valence-electron chi connectivity index (χ2n) is 8.15. The van der Waals surface area contributed by atoms with Gasteiger partial charge in [0.2, 0.25) is 5.91 Å². The van der Waals surface area contributed by atoms with Crippen LogP contribution >= 0.6 is 0 Å². The van der Waals surface area contributed by atoms with E-state index in [0.29, 0.717) is 6.04 Å². The predicted octanol–water partition coefficient (Wildman–Crippen LogP) is 3.62. The summed E-state index contributed by atoms with van der Waals surface area (Å²) in [6, 6.07) is 17.7. The molecule has 1 unspecified atom stereocenters. The van der Waals surface area contributed by atoms with E-state index in [2.05, 4.69) is 20.6 Å². The van der Waals surface area contributed by atoms with Crippen LogP contribution in [0.15, 0.2) is 73.2 Å². The van der Waals surface area contributed by atoms with Crippen molar-refractivity contribution in [2.75, 3.05) is 5.32 Å². The molecule has 6 heteroatoms. The molecule has 0 aliphatic carbocycles. The molecular weight excluding hydrogens is 388 g/mol. The van der Waals surface area contributed by atoms with Gasteiger partial charge >= 0.3 is 0 Å². The standard InChI is InChI=1S/C25H28N4O2/c1-17(22-6-2-3-14-27-22)25(31)29-20-9-7-18(8-10-20)15-21-11-12-23(28-21)24(30)19-5-4-13-26-16-19/h2-10,13-14,16-17,21,23-24,28,30H,11-12,15H2,1H3,(H,29,31)/t17-,21+,23-,24?/m1/s1. The van der Waals surface area contributed by atoms with Gasteiger partial charge in [-0.1, -0.05) is 24.3 Å². The number of aromatic nitrogens is 2. The quantitative estimate of drug-likeness (QED) is 0.548. The molecule has 0 saturated carbocycles. The molecule has 0 bridgehead atoms. The maximum atomic E-state index is 12.5. The number of pyridine rings is 2. The smallest absolute Gasteiger partial charge is 0.233 e. The number of anilines is 1. The fourth-order valence-corrected chi connectivity index (χ4v) is 4.07. The summed E-state index contributed by atoms with van der Waals surface area (Å²) < 4.78 is 0. The number of hydrogen-bond acceptors (Lipinski definition) is 5. The van der Waals surface area contributed by atoms with Crippen LogP contribution in [0.3, 0.4) is 0 Å². The van der Waals surface area contributed by atoms with E-state index >= 15 is 0 Å². The fourth-order valence-electron chi connectivity index (χ4n) is 4.07. The molecule has 2 aromatic heterocycles. The van der Waals surface area contributed by atoms with E-state index in [1.54, 1.807) is 18.6 Å². The number of benzene rings is 1. The van der Waals surface area contributed by atoms with Gasteiger partial charge < -0.3 is 15.7 Å². The number of hydrogen-bond donors (Lipinski definition) is 3. The van der Waals surface area contributed by atoms with Gasteiger partial charge in [-0.3, -0.25) is 14.8 Å². The molecule has 3 aromatic rings. The first-order valence-electron chi connectivity index (χ1n) is 10.7. The second kappa shape index (κ2) is 9.81. The van der Waals surface area contributed by atoms with Crippen molar-refractivity contribution in [3.8, 4) is 0 Å². The predicted molar refractivity (Wildman–Crippen MR) is 121 cm³/mol. The summed E-state index contributed by atoms with van der Waals surface area (Å²) in [5.41, 5.74) is 3.58. The highest BCUT2D eigenvalue weighted by atomic mass is 16.3. The lowest BCUT2D eigenvalue weighted by molar-refractivity contribution is -0.117. The van der Waals surface area contributed by atoms with Crippen molar-refractivity contribution in [3.63, 3.8) is 0 Å². The summed E-state index contributed by atoms with van der Waals surface area (Å²) >= 11 is 0. The highest BCUT2D eigenvalue weighted by Gasteiger charge is 2.30. The van der Waals surface area contributed by atoms with Gasteiger partial charge in [-0.15, -0.1) is 0 Å². The maximum absolute atomic E-state index is 12.5. The molecule has 1 amide bonds. The summed E-state index contributed by atoms with van der Waals surface area (Å²) in [6.07, 6.45) is 7.42. The van der Waals surface area contributed by atoms with Crippen molar-refractivity contribution in [3.05, 3.63) is 90.0 Å². The largest absolute Gasteiger partial charge is 0.387 e. The second-order valence-corrected chi connectivity index (χ2v) is 8.15. The van der Waals surface area contributed by atoms with E-state index in [4.69, 9.17) is 0 Å². The molecule has 0 radical (unpaired) electrons. The molecule has 3 heterocycles. The summed E-state index contributed by atoms with van der Waals surface area (Å²) in [6.45, 7) is 1.86. The van der Waals surface area contributed by atoms with Gasteiger partial charge in [-0.25, -0.2) is 0 Å². The van der Waals surface area contributed by atoms with Crippen molar-refractivity contribution < 1.29 is 9.90 Å². The van der Waals surface area contributed by atoms with Crippen LogP contribution in [0.5, 0.6) is 0 Å². The Hall–Kier alpha value is -3.09. The van der Waals surface area contributed by atoms with Gasteiger partial charge in [0.05, 0.1) is 17.7 Å². The Morgan fingerprint density at radius 3 is 2.68 bits per heavy atom. The van der Waals surface area contributed by atoms with Crippen LogP contribution < -0.4 is 10.6 Å². The van der Waals surface area contributed by atoms with Crippen LogP contribution in [0, 0.1) is 0 Å². The number of rotatable bonds is 7. The van der Waals surface area contributed by atoms with E-state index in [0.717, 1.165) is 36.2 Å². The van der Waals surface area contributed by atoms with Crippen LogP contribution in [0.1, 0.15) is 48.6 Å². The summed E-state index contributed by atoms with van der Waals surface area (Å²) in [5, 5.41) is 17.1. The molecule has 4 atom stereocenters. The lowest BCUT2D eigenvalue weighted by Gasteiger charge is -2.20. The molecule has 160 valence electrons. The number of amides is 1. The number of aliphatic hydroxyl groups excluding tert-OH is 1. The van der Waals surface area contributed by atoms with Gasteiger partial charge in [0.25, 0.3) is 0 Å². The van der Waals surface area contributed by atoms with Gasteiger partial charge in [-0.05, 0) is 62.1 Å². The average molecular weight is 417 g/mol. The maximum Gasteiger partial charge on any atom is 0.233 e. The Morgan fingerprint density at radius 1 is 1.13 bits per heavy atom. The first-order chi connectivity index (χ1) is 15.1. The van der Waals surface area contributed by atoms with Crippen molar-refractivity contribution in [2.45, 2.75) is 50.3 Å². The summed E-state index contributed by atoms with van der Waals surface area (Å²) in [5.74, 6) is -0.386. The zero-order chi connectivity index (χ0) is 21.6. The molecule has 31 heavy (non-hydrogen) atoms. The zero-order valence-corrected chi connectivity index (χ0v) is 17.6. The van der Waals surface area contributed by atoms with E-state index in [1.165, 1.54) is 5.56 Å². The number of nitrogens with one attached hydrogen (secondary N) is 2. The zero-order valence-electron chi connectivity index (χ0n) is 17.6. The topological polar surface area (TPSA) is 87.1 Å². The van der Waals surface area contributed by atoms with Gasteiger partial charge in [-0.2, -0.15) is 0 Å². The highest BCUT2D eigenvalue weighted by Crippen LogP contribution is 2.26. The molecule has 1 saturated heterocycles. The molecule has 6 nitrogen and oxygen atoms in total. The Bertz CT molecular complexity index is 979. The van der Waals surface area contributed by atoms with E-state index in [9.17, 15) is 9.90 Å². The number of carbonyl (C=O) groups excluding carboxylic acids is 1. The Morgan fingerprint density at radius 2 is 1.97 bits per heavy atom. The van der Waals surface area contributed by atoms with E-state index in [-0.39, 0.29) is 17.9 Å². The molecular formula is C25H28N4O2. The van der Waals surface area contributed by atoms with Crippen LogP contribution in [0.4, 0.5) is 5.69 Å². The lowest BCUT2D eigenvalue weighted by atomic mass is 10.0. The molecule has 0 spiro atoms. The summed E-state index contributed by atoms with van der Waals surface area (Å²) in [4.78, 5) is 20.9.